The number of benzene rings is 1. The molecule has 148 valence electrons. The maximum atomic E-state index is 12.4. The molecule has 3 aromatic rings. The summed E-state index contributed by atoms with van der Waals surface area (Å²) in [6.45, 7) is -0.315. The van der Waals surface area contributed by atoms with Crippen molar-refractivity contribution in [3.05, 3.63) is 83.0 Å². The van der Waals surface area contributed by atoms with Gasteiger partial charge in [-0.25, -0.2) is 9.78 Å². The molecular formula is C20H16ClN3O5. The van der Waals surface area contributed by atoms with E-state index in [-0.39, 0.29) is 28.7 Å². The van der Waals surface area contributed by atoms with Gasteiger partial charge in [0.15, 0.2) is 6.61 Å². The van der Waals surface area contributed by atoms with Crippen molar-refractivity contribution < 1.29 is 23.5 Å². The Kier molecular flexibility index (Phi) is 6.59. The van der Waals surface area contributed by atoms with E-state index in [9.17, 15) is 14.4 Å². The lowest BCUT2D eigenvalue weighted by atomic mass is 10.1. The highest BCUT2D eigenvalue weighted by Gasteiger charge is 2.15. The lowest BCUT2D eigenvalue weighted by Crippen LogP contribution is -2.26. The van der Waals surface area contributed by atoms with E-state index in [2.05, 4.69) is 15.6 Å². The molecule has 0 saturated carbocycles. The Morgan fingerprint density at radius 1 is 1.07 bits per heavy atom. The van der Waals surface area contributed by atoms with E-state index < -0.39 is 18.5 Å². The van der Waals surface area contributed by atoms with Crippen molar-refractivity contribution in [1.82, 2.24) is 10.3 Å². The largest absolute Gasteiger partial charge is 0.467 e. The van der Waals surface area contributed by atoms with Crippen LogP contribution in [-0.2, 0) is 16.1 Å². The number of nitrogens with zero attached hydrogens (tertiary/aromatic N) is 1. The number of nitrogens with one attached hydrogen (secondary N) is 2. The van der Waals surface area contributed by atoms with E-state index in [1.165, 1.54) is 24.6 Å². The summed E-state index contributed by atoms with van der Waals surface area (Å²) in [7, 11) is 0. The third-order valence-electron chi connectivity index (χ3n) is 3.75. The van der Waals surface area contributed by atoms with Crippen LogP contribution in [0.25, 0.3) is 0 Å². The number of furan rings is 1. The quantitative estimate of drug-likeness (QED) is 0.455. The molecule has 0 radical (unpaired) electrons. The fourth-order valence-corrected chi connectivity index (χ4v) is 2.47. The van der Waals surface area contributed by atoms with Gasteiger partial charge >= 0.3 is 5.97 Å². The fraction of sp³-hybridized carbons (Fsp3) is 0.100. The minimum absolute atomic E-state index is 0.167. The van der Waals surface area contributed by atoms with Gasteiger partial charge in [-0.1, -0.05) is 23.7 Å². The number of esters is 1. The molecule has 0 saturated heterocycles. The standard InChI is InChI=1S/C20H16ClN3O5/c21-17-8-7-13(10-22-17)20(27)29-12-18(25)24-16-6-2-1-5-15(16)19(26)23-11-14-4-3-9-28-14/h1-10H,11-12H2,(H,23,26)(H,24,25). The average molecular weight is 414 g/mol. The first-order valence-electron chi connectivity index (χ1n) is 8.51. The first-order valence-corrected chi connectivity index (χ1v) is 8.89. The van der Waals surface area contributed by atoms with Crippen LogP contribution < -0.4 is 10.6 Å². The van der Waals surface area contributed by atoms with E-state index in [4.69, 9.17) is 20.8 Å². The summed E-state index contributed by atoms with van der Waals surface area (Å²) < 4.78 is 10.1. The first-order chi connectivity index (χ1) is 14.0. The Morgan fingerprint density at radius 3 is 2.62 bits per heavy atom. The van der Waals surface area contributed by atoms with Crippen LogP contribution in [0.2, 0.25) is 5.15 Å². The molecule has 0 atom stereocenters. The number of amides is 2. The first kappa shape index (κ1) is 20.1. The van der Waals surface area contributed by atoms with Gasteiger partial charge in [0.2, 0.25) is 0 Å². The van der Waals surface area contributed by atoms with Gasteiger partial charge in [0.05, 0.1) is 29.6 Å². The second-order valence-electron chi connectivity index (χ2n) is 5.80. The second kappa shape index (κ2) is 9.52. The minimum Gasteiger partial charge on any atom is -0.467 e. The molecular weight excluding hydrogens is 398 g/mol. The Labute approximate surface area is 170 Å². The maximum Gasteiger partial charge on any atom is 0.340 e. The number of pyridine rings is 1. The van der Waals surface area contributed by atoms with Crippen molar-refractivity contribution in [3.8, 4) is 0 Å². The topological polar surface area (TPSA) is 111 Å². The number of hydrogen-bond donors (Lipinski definition) is 2. The summed E-state index contributed by atoms with van der Waals surface area (Å²) >= 11 is 5.66. The number of rotatable bonds is 7. The summed E-state index contributed by atoms with van der Waals surface area (Å²) in [5, 5.41) is 5.50. The monoisotopic (exact) mass is 413 g/mol. The van der Waals surface area contributed by atoms with Gasteiger partial charge in [-0.2, -0.15) is 0 Å². The van der Waals surface area contributed by atoms with Gasteiger partial charge in [0, 0.05) is 6.20 Å². The number of hydrogen-bond acceptors (Lipinski definition) is 6. The summed E-state index contributed by atoms with van der Waals surface area (Å²) in [4.78, 5) is 40.3. The Bertz CT molecular complexity index is 1000. The lowest BCUT2D eigenvalue weighted by Gasteiger charge is -2.11. The molecule has 0 aliphatic rings. The van der Waals surface area contributed by atoms with Crippen LogP contribution in [0.15, 0.2) is 65.4 Å². The molecule has 8 nitrogen and oxygen atoms in total. The molecule has 3 rings (SSSR count). The molecule has 0 aliphatic carbocycles. The molecule has 29 heavy (non-hydrogen) atoms. The van der Waals surface area contributed by atoms with Gasteiger partial charge in [-0.15, -0.1) is 0 Å². The SMILES string of the molecule is O=C(COC(=O)c1ccc(Cl)nc1)Nc1ccccc1C(=O)NCc1ccco1. The average Bonchev–Trinajstić information content (AvgIpc) is 3.25. The van der Waals surface area contributed by atoms with E-state index in [1.807, 2.05) is 0 Å². The number of para-hydroxylation sites is 1. The predicted octanol–water partition coefficient (Wildman–Crippen LogP) is 3.05. The third kappa shape index (κ3) is 5.66. The molecule has 2 heterocycles. The third-order valence-corrected chi connectivity index (χ3v) is 3.97. The Hall–Kier alpha value is -3.65. The summed E-state index contributed by atoms with van der Waals surface area (Å²) in [6.07, 6.45) is 2.76. The van der Waals surface area contributed by atoms with Crippen LogP contribution in [0.1, 0.15) is 26.5 Å². The highest BCUT2D eigenvalue weighted by Crippen LogP contribution is 2.15. The van der Waals surface area contributed by atoms with Crippen molar-refractivity contribution in [3.63, 3.8) is 0 Å². The van der Waals surface area contributed by atoms with Crippen molar-refractivity contribution in [2.24, 2.45) is 0 Å². The molecule has 2 aromatic heterocycles. The molecule has 2 amide bonds. The van der Waals surface area contributed by atoms with Crippen LogP contribution in [-0.4, -0.2) is 29.4 Å². The molecule has 1 aromatic carbocycles. The number of ether oxygens (including phenoxy) is 1. The number of carbonyl (C=O) groups is 3. The van der Waals surface area contributed by atoms with Crippen LogP contribution in [0, 0.1) is 0 Å². The predicted molar refractivity (Wildman–Crippen MR) is 104 cm³/mol. The molecule has 0 spiro atoms. The minimum atomic E-state index is -0.714. The van der Waals surface area contributed by atoms with Crippen LogP contribution in [0.5, 0.6) is 0 Å². The molecule has 0 unspecified atom stereocenters. The highest BCUT2D eigenvalue weighted by atomic mass is 35.5. The van der Waals surface area contributed by atoms with E-state index in [0.717, 1.165) is 0 Å². The summed E-state index contributed by atoms with van der Waals surface area (Å²) in [5.41, 5.74) is 0.721. The molecule has 0 fully saturated rings. The number of carbonyl (C=O) groups excluding carboxylic acids is 3. The molecule has 2 N–H and O–H groups in total. The van der Waals surface area contributed by atoms with Crippen molar-refractivity contribution in [2.45, 2.75) is 6.54 Å². The zero-order valence-corrected chi connectivity index (χ0v) is 15.8. The van der Waals surface area contributed by atoms with Gasteiger partial charge in [0.1, 0.15) is 10.9 Å². The summed E-state index contributed by atoms with van der Waals surface area (Å²) in [5.74, 6) is -1.09. The van der Waals surface area contributed by atoms with Crippen molar-refractivity contribution in [1.29, 1.82) is 0 Å². The fourth-order valence-electron chi connectivity index (χ4n) is 2.36. The molecule has 9 heteroatoms. The van der Waals surface area contributed by atoms with Gasteiger partial charge in [0.25, 0.3) is 11.8 Å². The number of halogens is 1. The second-order valence-corrected chi connectivity index (χ2v) is 6.19. The maximum absolute atomic E-state index is 12.4. The van der Waals surface area contributed by atoms with Gasteiger partial charge in [-0.3, -0.25) is 9.59 Å². The van der Waals surface area contributed by atoms with Crippen LogP contribution in [0.4, 0.5) is 5.69 Å². The van der Waals surface area contributed by atoms with Crippen LogP contribution in [0.3, 0.4) is 0 Å². The number of aromatic nitrogens is 1. The summed E-state index contributed by atoms with van der Waals surface area (Å²) in [6, 6.07) is 12.8. The smallest absolute Gasteiger partial charge is 0.340 e. The highest BCUT2D eigenvalue weighted by molar-refractivity contribution is 6.29. The normalized spacial score (nSPS) is 10.2. The number of anilines is 1. The zero-order valence-electron chi connectivity index (χ0n) is 15.1. The van der Waals surface area contributed by atoms with Crippen molar-refractivity contribution >= 4 is 35.1 Å². The van der Waals surface area contributed by atoms with E-state index >= 15 is 0 Å². The Morgan fingerprint density at radius 2 is 1.90 bits per heavy atom. The van der Waals surface area contributed by atoms with Gasteiger partial charge in [-0.05, 0) is 36.4 Å². The van der Waals surface area contributed by atoms with Gasteiger partial charge < -0.3 is 19.8 Å². The van der Waals surface area contributed by atoms with Crippen molar-refractivity contribution in [2.75, 3.05) is 11.9 Å². The van der Waals surface area contributed by atoms with E-state index in [1.54, 1.807) is 36.4 Å². The Balaban J connectivity index is 1.56. The zero-order chi connectivity index (χ0) is 20.6. The molecule has 0 bridgehead atoms. The van der Waals surface area contributed by atoms with E-state index in [0.29, 0.717) is 11.4 Å². The lowest BCUT2D eigenvalue weighted by molar-refractivity contribution is -0.119. The van der Waals surface area contributed by atoms with Crippen LogP contribution >= 0.6 is 11.6 Å². The molecule has 0 aliphatic heterocycles.